The van der Waals surface area contributed by atoms with Gasteiger partial charge in [-0.15, -0.1) is 0 Å². The fraction of sp³-hybridized carbons (Fsp3) is 0.125. The van der Waals surface area contributed by atoms with Crippen LogP contribution in [-0.2, 0) is 0 Å². The number of rotatable bonds is 1. The summed E-state index contributed by atoms with van der Waals surface area (Å²) in [5.41, 5.74) is -0.833. The Morgan fingerprint density at radius 1 is 1.54 bits per heavy atom. The highest BCUT2D eigenvalue weighted by Gasteiger charge is 2.18. The van der Waals surface area contributed by atoms with Crippen LogP contribution in [0.3, 0.4) is 0 Å². The summed E-state index contributed by atoms with van der Waals surface area (Å²) in [5.74, 6) is -3.17. The smallest absolute Gasteiger partial charge is 0.339 e. The van der Waals surface area contributed by atoms with Crippen molar-refractivity contribution in [2.24, 2.45) is 0 Å². The number of carbonyl (C=O) groups is 1. The van der Waals surface area contributed by atoms with Crippen molar-refractivity contribution in [3.63, 3.8) is 0 Å². The Morgan fingerprint density at radius 3 is 2.54 bits per heavy atom. The topological polar surface area (TPSA) is 37.3 Å². The molecule has 5 heteroatoms. The summed E-state index contributed by atoms with van der Waals surface area (Å²) in [6, 6.07) is 0.797. The number of carboxylic acids is 1. The van der Waals surface area contributed by atoms with E-state index in [0.717, 1.165) is 6.07 Å². The van der Waals surface area contributed by atoms with Gasteiger partial charge >= 0.3 is 5.97 Å². The summed E-state index contributed by atoms with van der Waals surface area (Å²) >= 11 is 2.77. The first-order valence-electron chi connectivity index (χ1n) is 3.32. The molecule has 1 aromatic rings. The summed E-state index contributed by atoms with van der Waals surface area (Å²) in [6.45, 7) is 1.21. The van der Waals surface area contributed by atoms with Crippen LogP contribution in [0.5, 0.6) is 0 Å². The van der Waals surface area contributed by atoms with E-state index in [4.69, 9.17) is 5.11 Å². The van der Waals surface area contributed by atoms with E-state index in [0.29, 0.717) is 0 Å². The number of halogens is 3. The van der Waals surface area contributed by atoms with Crippen LogP contribution in [0.1, 0.15) is 15.9 Å². The average molecular weight is 251 g/mol. The van der Waals surface area contributed by atoms with Crippen molar-refractivity contribution >= 4 is 21.9 Å². The third-order valence-corrected chi connectivity index (χ3v) is 2.20. The lowest BCUT2D eigenvalue weighted by Gasteiger charge is -2.04. The van der Waals surface area contributed by atoms with Gasteiger partial charge < -0.3 is 5.11 Å². The first-order valence-corrected chi connectivity index (χ1v) is 4.12. The molecule has 0 unspecified atom stereocenters. The molecule has 13 heavy (non-hydrogen) atoms. The van der Waals surface area contributed by atoms with Gasteiger partial charge in [-0.25, -0.2) is 13.6 Å². The summed E-state index contributed by atoms with van der Waals surface area (Å²) in [7, 11) is 0. The third-order valence-electron chi connectivity index (χ3n) is 1.62. The molecule has 0 heterocycles. The number of hydrogen-bond acceptors (Lipinski definition) is 1. The zero-order chi connectivity index (χ0) is 10.2. The van der Waals surface area contributed by atoms with Crippen LogP contribution < -0.4 is 0 Å². The molecular weight excluding hydrogens is 246 g/mol. The summed E-state index contributed by atoms with van der Waals surface area (Å²) in [4.78, 5) is 10.5. The molecule has 1 aromatic carbocycles. The molecule has 0 aliphatic rings. The Kier molecular flexibility index (Phi) is 2.66. The molecular formula is C8H5BrF2O2. The van der Waals surface area contributed by atoms with E-state index in [9.17, 15) is 13.6 Å². The maximum absolute atomic E-state index is 13.1. The number of hydrogen-bond donors (Lipinski definition) is 1. The normalized spacial score (nSPS) is 10.2. The van der Waals surface area contributed by atoms with E-state index >= 15 is 0 Å². The van der Waals surface area contributed by atoms with Crippen LogP contribution in [-0.4, -0.2) is 11.1 Å². The highest BCUT2D eigenvalue weighted by atomic mass is 79.9. The van der Waals surface area contributed by atoms with Gasteiger partial charge in [0, 0.05) is 5.56 Å². The van der Waals surface area contributed by atoms with Crippen molar-refractivity contribution in [1.29, 1.82) is 0 Å². The summed E-state index contributed by atoms with van der Waals surface area (Å²) in [5, 5.41) is 8.54. The quantitative estimate of drug-likeness (QED) is 0.779. The van der Waals surface area contributed by atoms with Gasteiger partial charge in [0.15, 0.2) is 0 Å². The second kappa shape index (κ2) is 3.41. The minimum atomic E-state index is -1.47. The van der Waals surface area contributed by atoms with E-state index in [1.807, 2.05) is 0 Å². The van der Waals surface area contributed by atoms with Gasteiger partial charge in [-0.1, -0.05) is 0 Å². The Bertz CT molecular complexity index is 377. The molecule has 0 radical (unpaired) electrons. The van der Waals surface area contributed by atoms with Crippen LogP contribution in [0.2, 0.25) is 0 Å². The van der Waals surface area contributed by atoms with Gasteiger partial charge in [0.05, 0.1) is 4.47 Å². The predicted molar refractivity (Wildman–Crippen MR) is 45.8 cm³/mol. The highest BCUT2D eigenvalue weighted by Crippen LogP contribution is 2.24. The molecule has 0 atom stereocenters. The Balaban J connectivity index is 3.53. The van der Waals surface area contributed by atoms with Crippen molar-refractivity contribution in [3.05, 3.63) is 33.3 Å². The molecule has 2 nitrogen and oxygen atoms in total. The van der Waals surface area contributed by atoms with Gasteiger partial charge in [-0.2, -0.15) is 0 Å². The number of carboxylic acid groups (broad SMARTS) is 1. The van der Waals surface area contributed by atoms with E-state index in [1.54, 1.807) is 0 Å². The number of aromatic carboxylic acids is 1. The lowest BCUT2D eigenvalue weighted by atomic mass is 10.1. The largest absolute Gasteiger partial charge is 0.478 e. The first-order chi connectivity index (χ1) is 5.95. The summed E-state index contributed by atoms with van der Waals surface area (Å²) in [6.07, 6.45) is 0. The second-order valence-electron chi connectivity index (χ2n) is 2.46. The van der Waals surface area contributed by atoms with Crippen molar-refractivity contribution in [3.8, 4) is 0 Å². The average Bonchev–Trinajstić information content (AvgIpc) is 1.99. The fourth-order valence-electron chi connectivity index (χ4n) is 0.977. The second-order valence-corrected chi connectivity index (χ2v) is 3.31. The van der Waals surface area contributed by atoms with Crippen LogP contribution in [0, 0.1) is 18.6 Å². The van der Waals surface area contributed by atoms with Crippen LogP contribution in [0.25, 0.3) is 0 Å². The maximum Gasteiger partial charge on any atom is 0.339 e. The summed E-state index contributed by atoms with van der Waals surface area (Å²) < 4.78 is 25.9. The van der Waals surface area contributed by atoms with E-state index < -0.39 is 23.2 Å². The Labute approximate surface area is 81.3 Å². The van der Waals surface area contributed by atoms with Crippen LogP contribution in [0.4, 0.5) is 8.78 Å². The van der Waals surface area contributed by atoms with Crippen LogP contribution in [0.15, 0.2) is 10.5 Å². The molecule has 0 aliphatic heterocycles. The molecule has 0 bridgehead atoms. The number of benzene rings is 1. The lowest BCUT2D eigenvalue weighted by molar-refractivity contribution is 0.0690. The highest BCUT2D eigenvalue weighted by molar-refractivity contribution is 9.10. The molecule has 0 saturated heterocycles. The zero-order valence-electron chi connectivity index (χ0n) is 6.57. The first kappa shape index (κ1) is 10.1. The molecule has 0 saturated carbocycles. The van der Waals surface area contributed by atoms with Gasteiger partial charge in [0.2, 0.25) is 0 Å². The van der Waals surface area contributed by atoms with Crippen molar-refractivity contribution < 1.29 is 18.7 Å². The maximum atomic E-state index is 13.1. The lowest BCUT2D eigenvalue weighted by Crippen LogP contribution is -2.06. The molecule has 0 fully saturated rings. The van der Waals surface area contributed by atoms with Gasteiger partial charge in [-0.05, 0) is 28.9 Å². The molecule has 0 amide bonds. The van der Waals surface area contributed by atoms with Crippen LogP contribution >= 0.6 is 15.9 Å². The van der Waals surface area contributed by atoms with Gasteiger partial charge in [0.1, 0.15) is 17.2 Å². The van der Waals surface area contributed by atoms with E-state index in [-0.39, 0.29) is 10.0 Å². The van der Waals surface area contributed by atoms with Crippen molar-refractivity contribution in [2.45, 2.75) is 6.92 Å². The molecule has 70 valence electrons. The predicted octanol–water partition coefficient (Wildman–Crippen LogP) is 2.73. The third kappa shape index (κ3) is 1.70. The minimum Gasteiger partial charge on any atom is -0.478 e. The van der Waals surface area contributed by atoms with E-state index in [2.05, 4.69) is 15.9 Å². The fourth-order valence-corrected chi connectivity index (χ4v) is 1.48. The zero-order valence-corrected chi connectivity index (χ0v) is 8.15. The SMILES string of the molecule is Cc1c(F)c(Br)cc(F)c1C(=O)O. The standard InChI is InChI=1S/C8H5BrF2O2/c1-3-6(8(12)13)5(10)2-4(9)7(3)11/h2H,1H3,(H,12,13). The monoisotopic (exact) mass is 250 g/mol. The van der Waals surface area contributed by atoms with Crippen molar-refractivity contribution in [1.82, 2.24) is 0 Å². The molecule has 0 spiro atoms. The molecule has 1 rings (SSSR count). The molecule has 1 N–H and O–H groups in total. The Hall–Kier alpha value is -0.970. The molecule has 0 aromatic heterocycles. The van der Waals surface area contributed by atoms with Crippen molar-refractivity contribution in [2.75, 3.05) is 0 Å². The van der Waals surface area contributed by atoms with Gasteiger partial charge in [-0.3, -0.25) is 0 Å². The molecule has 0 aliphatic carbocycles. The van der Waals surface area contributed by atoms with Gasteiger partial charge in [0.25, 0.3) is 0 Å². The Morgan fingerprint density at radius 2 is 2.08 bits per heavy atom. The minimum absolute atomic E-state index is 0.0764. The van der Waals surface area contributed by atoms with E-state index in [1.165, 1.54) is 6.92 Å².